The highest BCUT2D eigenvalue weighted by atomic mass is 127. The first kappa shape index (κ1) is 23.1. The highest BCUT2D eigenvalue weighted by Crippen LogP contribution is 2.27. The van der Waals surface area contributed by atoms with E-state index in [1.54, 1.807) is 14.2 Å². The fourth-order valence-electron chi connectivity index (χ4n) is 2.89. The summed E-state index contributed by atoms with van der Waals surface area (Å²) in [5.74, 6) is 2.44. The number of benzene rings is 1. The molecule has 0 radical (unpaired) electrons. The summed E-state index contributed by atoms with van der Waals surface area (Å²) < 4.78 is 12.8. The van der Waals surface area contributed by atoms with Crippen LogP contribution in [0.4, 0.5) is 0 Å². The van der Waals surface area contributed by atoms with Crippen molar-refractivity contribution < 1.29 is 9.47 Å². The van der Waals surface area contributed by atoms with Crippen LogP contribution in [0.15, 0.2) is 41.5 Å². The molecule has 2 rings (SSSR count). The van der Waals surface area contributed by atoms with Crippen LogP contribution >= 0.6 is 24.0 Å². The second kappa shape index (κ2) is 11.7. The topological polar surface area (TPSA) is 51.0 Å². The molecular weight excluding hydrogens is 455 g/mol. The van der Waals surface area contributed by atoms with Gasteiger partial charge in [0.1, 0.15) is 0 Å². The van der Waals surface area contributed by atoms with Gasteiger partial charge in [0, 0.05) is 39.6 Å². The summed E-state index contributed by atoms with van der Waals surface area (Å²) in [5.41, 5.74) is 2.48. The minimum Gasteiger partial charge on any atom is -0.493 e. The first-order valence-corrected chi connectivity index (χ1v) is 8.82. The van der Waals surface area contributed by atoms with Gasteiger partial charge in [-0.15, -0.1) is 24.0 Å². The molecule has 2 aromatic rings. The molecule has 0 amide bonds. The van der Waals surface area contributed by atoms with Gasteiger partial charge in [0.2, 0.25) is 0 Å². The zero-order valence-electron chi connectivity index (χ0n) is 16.9. The monoisotopic (exact) mass is 486 g/mol. The van der Waals surface area contributed by atoms with E-state index in [9.17, 15) is 0 Å². The van der Waals surface area contributed by atoms with E-state index < -0.39 is 0 Å². The Hall–Kier alpha value is -1.90. The Morgan fingerprint density at radius 3 is 2.52 bits per heavy atom. The fraction of sp³-hybridized carbons (Fsp3) is 0.450. The number of aryl methyl sites for hydroxylation is 2. The van der Waals surface area contributed by atoms with E-state index in [0.717, 1.165) is 43.4 Å². The largest absolute Gasteiger partial charge is 0.493 e. The summed E-state index contributed by atoms with van der Waals surface area (Å²) in [6.45, 7) is 1.68. The van der Waals surface area contributed by atoms with E-state index in [1.807, 2.05) is 19.2 Å². The van der Waals surface area contributed by atoms with Crippen molar-refractivity contribution in [1.29, 1.82) is 0 Å². The van der Waals surface area contributed by atoms with Crippen molar-refractivity contribution in [3.8, 4) is 11.5 Å². The fourth-order valence-corrected chi connectivity index (χ4v) is 2.89. The van der Waals surface area contributed by atoms with E-state index in [0.29, 0.717) is 0 Å². The second-order valence-electron chi connectivity index (χ2n) is 6.23. The molecule has 0 aliphatic carbocycles. The standard InChI is InChI=1S/C20H30N4O2.HI/c1-21-20(24(3)15-17-9-7-13-23(17)2)22-12-6-8-16-10-11-18(25-4)19(14-16)26-5;/h7,9-11,13-14H,6,8,12,15H2,1-5H3,(H,21,22);1H. The van der Waals surface area contributed by atoms with Gasteiger partial charge in [-0.1, -0.05) is 6.07 Å². The van der Waals surface area contributed by atoms with Gasteiger partial charge in [-0.2, -0.15) is 0 Å². The van der Waals surface area contributed by atoms with Gasteiger partial charge in [-0.25, -0.2) is 0 Å². The van der Waals surface area contributed by atoms with Crippen molar-refractivity contribution in [3.63, 3.8) is 0 Å². The molecule has 0 fully saturated rings. The summed E-state index contributed by atoms with van der Waals surface area (Å²) in [6, 6.07) is 10.3. The van der Waals surface area contributed by atoms with E-state index in [4.69, 9.17) is 9.47 Å². The molecule has 7 heteroatoms. The maximum absolute atomic E-state index is 5.36. The summed E-state index contributed by atoms with van der Waals surface area (Å²) in [6.07, 6.45) is 4.03. The number of nitrogens with zero attached hydrogens (tertiary/aromatic N) is 3. The van der Waals surface area contributed by atoms with E-state index in [1.165, 1.54) is 11.3 Å². The van der Waals surface area contributed by atoms with Crippen LogP contribution in [-0.2, 0) is 20.0 Å². The molecule has 0 aliphatic heterocycles. The molecule has 0 bridgehead atoms. The third-order valence-electron chi connectivity index (χ3n) is 4.40. The maximum Gasteiger partial charge on any atom is 0.193 e. The van der Waals surface area contributed by atoms with Gasteiger partial charge in [-0.05, 0) is 42.7 Å². The molecular formula is C20H31IN4O2. The lowest BCUT2D eigenvalue weighted by atomic mass is 10.1. The molecule has 1 heterocycles. The Balaban J connectivity index is 0.00000364. The lowest BCUT2D eigenvalue weighted by Gasteiger charge is -2.22. The van der Waals surface area contributed by atoms with Crippen LogP contribution in [0.1, 0.15) is 17.7 Å². The number of halogens is 1. The van der Waals surface area contributed by atoms with Crippen LogP contribution in [0.5, 0.6) is 11.5 Å². The lowest BCUT2D eigenvalue weighted by molar-refractivity contribution is 0.354. The summed E-state index contributed by atoms with van der Waals surface area (Å²) in [4.78, 5) is 6.51. The molecule has 27 heavy (non-hydrogen) atoms. The third-order valence-corrected chi connectivity index (χ3v) is 4.40. The van der Waals surface area contributed by atoms with Gasteiger partial charge >= 0.3 is 0 Å². The van der Waals surface area contributed by atoms with Crippen molar-refractivity contribution in [3.05, 3.63) is 47.8 Å². The predicted octanol–water partition coefficient (Wildman–Crippen LogP) is 3.30. The minimum atomic E-state index is 0. The van der Waals surface area contributed by atoms with Crippen LogP contribution in [-0.4, -0.2) is 50.3 Å². The Morgan fingerprint density at radius 1 is 1.19 bits per heavy atom. The number of hydrogen-bond donors (Lipinski definition) is 1. The normalized spacial score (nSPS) is 10.9. The molecule has 1 aromatic carbocycles. The molecule has 0 unspecified atom stereocenters. The van der Waals surface area contributed by atoms with Crippen molar-refractivity contribution >= 4 is 29.9 Å². The number of rotatable bonds is 8. The first-order valence-electron chi connectivity index (χ1n) is 8.82. The maximum atomic E-state index is 5.36. The number of hydrogen-bond acceptors (Lipinski definition) is 3. The average molecular weight is 486 g/mol. The van der Waals surface area contributed by atoms with E-state index >= 15 is 0 Å². The first-order chi connectivity index (χ1) is 12.6. The summed E-state index contributed by atoms with van der Waals surface area (Å²) in [7, 11) is 9.24. The number of aliphatic imine (C=N–C) groups is 1. The Labute approximate surface area is 179 Å². The third kappa shape index (κ3) is 6.64. The van der Waals surface area contributed by atoms with Crippen LogP contribution in [0.3, 0.4) is 0 Å². The number of aromatic nitrogens is 1. The minimum absolute atomic E-state index is 0. The smallest absolute Gasteiger partial charge is 0.193 e. The molecule has 1 aromatic heterocycles. The SMILES string of the molecule is CN=C(NCCCc1ccc(OC)c(OC)c1)N(C)Cc1cccn1C.I. The molecule has 150 valence electrons. The average Bonchev–Trinajstić information content (AvgIpc) is 3.06. The number of methoxy groups -OCH3 is 2. The van der Waals surface area contributed by atoms with Gasteiger partial charge < -0.3 is 24.3 Å². The molecule has 6 nitrogen and oxygen atoms in total. The van der Waals surface area contributed by atoms with Crippen molar-refractivity contribution in [2.45, 2.75) is 19.4 Å². The quantitative estimate of drug-likeness (QED) is 0.269. The molecule has 0 aliphatic rings. The highest BCUT2D eigenvalue weighted by Gasteiger charge is 2.08. The lowest BCUT2D eigenvalue weighted by Crippen LogP contribution is -2.39. The van der Waals surface area contributed by atoms with Gasteiger partial charge in [0.05, 0.1) is 20.8 Å². The molecule has 0 saturated carbocycles. The Bertz CT molecular complexity index is 731. The zero-order chi connectivity index (χ0) is 18.9. The summed E-state index contributed by atoms with van der Waals surface area (Å²) in [5, 5.41) is 3.43. The second-order valence-corrected chi connectivity index (χ2v) is 6.23. The Morgan fingerprint density at radius 2 is 1.93 bits per heavy atom. The zero-order valence-corrected chi connectivity index (χ0v) is 19.2. The van der Waals surface area contributed by atoms with Gasteiger partial charge in [0.25, 0.3) is 0 Å². The van der Waals surface area contributed by atoms with Crippen LogP contribution < -0.4 is 14.8 Å². The molecule has 0 atom stereocenters. The number of ether oxygens (including phenoxy) is 2. The summed E-state index contributed by atoms with van der Waals surface area (Å²) >= 11 is 0. The van der Waals surface area contributed by atoms with Crippen LogP contribution in [0, 0.1) is 0 Å². The molecule has 0 spiro atoms. The van der Waals surface area contributed by atoms with Gasteiger partial charge in [0.15, 0.2) is 17.5 Å². The van der Waals surface area contributed by atoms with Crippen molar-refractivity contribution in [2.75, 3.05) is 34.9 Å². The van der Waals surface area contributed by atoms with Gasteiger partial charge in [-0.3, -0.25) is 4.99 Å². The van der Waals surface area contributed by atoms with Crippen LogP contribution in [0.25, 0.3) is 0 Å². The van der Waals surface area contributed by atoms with Crippen LogP contribution in [0.2, 0.25) is 0 Å². The molecule has 0 saturated heterocycles. The predicted molar refractivity (Wildman–Crippen MR) is 122 cm³/mol. The number of nitrogens with one attached hydrogen (secondary N) is 1. The van der Waals surface area contributed by atoms with Crippen molar-refractivity contribution in [2.24, 2.45) is 12.0 Å². The van der Waals surface area contributed by atoms with E-state index in [-0.39, 0.29) is 24.0 Å². The Kier molecular flexibility index (Phi) is 10.1. The van der Waals surface area contributed by atoms with E-state index in [2.05, 4.69) is 58.3 Å². The highest BCUT2D eigenvalue weighted by molar-refractivity contribution is 14.0. The number of guanidine groups is 1. The van der Waals surface area contributed by atoms with Crippen molar-refractivity contribution in [1.82, 2.24) is 14.8 Å². The molecule has 1 N–H and O–H groups in total.